The lowest BCUT2D eigenvalue weighted by Crippen LogP contribution is -2.42. The standard InChI is InChI=1S/C9H11F4N/c1-6(14)8(10)4-2-3-7(5-8)9(11,12)13/h2-3,5-6H,4,14H2,1H3/t6-,8?/m1/s1. The molecule has 0 radical (unpaired) electrons. The van der Waals surface area contributed by atoms with Gasteiger partial charge in [-0.05, 0) is 13.0 Å². The van der Waals surface area contributed by atoms with Gasteiger partial charge in [-0.3, -0.25) is 0 Å². The number of allylic oxidation sites excluding steroid dienone is 3. The molecule has 1 nitrogen and oxygen atoms in total. The molecule has 0 saturated heterocycles. The number of hydrogen-bond donors (Lipinski definition) is 1. The molecule has 0 fully saturated rings. The summed E-state index contributed by atoms with van der Waals surface area (Å²) < 4.78 is 50.4. The first-order valence-corrected chi connectivity index (χ1v) is 4.17. The van der Waals surface area contributed by atoms with Crippen molar-refractivity contribution < 1.29 is 17.6 Å². The van der Waals surface area contributed by atoms with Gasteiger partial charge in [-0.1, -0.05) is 12.2 Å². The lowest BCUT2D eigenvalue weighted by atomic mass is 9.88. The molecule has 2 atom stereocenters. The van der Waals surface area contributed by atoms with Crippen molar-refractivity contribution in [3.05, 3.63) is 23.8 Å². The fraction of sp³-hybridized carbons (Fsp3) is 0.556. The highest BCUT2D eigenvalue weighted by molar-refractivity contribution is 5.33. The van der Waals surface area contributed by atoms with Crippen LogP contribution in [-0.2, 0) is 0 Å². The van der Waals surface area contributed by atoms with E-state index in [9.17, 15) is 17.6 Å². The largest absolute Gasteiger partial charge is 0.416 e. The molecule has 80 valence electrons. The Labute approximate surface area is 79.3 Å². The van der Waals surface area contributed by atoms with Crippen molar-refractivity contribution >= 4 is 0 Å². The second-order valence-corrected chi connectivity index (χ2v) is 3.42. The molecule has 1 aliphatic rings. The predicted octanol–water partition coefficient (Wildman–Crippen LogP) is 2.49. The Morgan fingerprint density at radius 2 is 2.07 bits per heavy atom. The van der Waals surface area contributed by atoms with E-state index in [0.717, 1.165) is 12.2 Å². The van der Waals surface area contributed by atoms with Crippen molar-refractivity contribution in [3.8, 4) is 0 Å². The second-order valence-electron chi connectivity index (χ2n) is 3.42. The van der Waals surface area contributed by atoms with Crippen molar-refractivity contribution in [2.45, 2.75) is 31.2 Å². The van der Waals surface area contributed by atoms with E-state index < -0.39 is 23.5 Å². The minimum absolute atomic E-state index is 0.107. The van der Waals surface area contributed by atoms with Gasteiger partial charge in [0.15, 0.2) is 0 Å². The van der Waals surface area contributed by atoms with Crippen molar-refractivity contribution in [3.63, 3.8) is 0 Å². The lowest BCUT2D eigenvalue weighted by Gasteiger charge is -2.28. The smallest absolute Gasteiger partial charge is 0.325 e. The van der Waals surface area contributed by atoms with E-state index in [4.69, 9.17) is 5.73 Å². The van der Waals surface area contributed by atoms with E-state index in [2.05, 4.69) is 0 Å². The average Bonchev–Trinajstić information content (AvgIpc) is 2.02. The third kappa shape index (κ3) is 2.15. The van der Waals surface area contributed by atoms with Crippen LogP contribution in [0.15, 0.2) is 23.8 Å². The van der Waals surface area contributed by atoms with Crippen LogP contribution >= 0.6 is 0 Å². The molecule has 0 spiro atoms. The fourth-order valence-corrected chi connectivity index (χ4v) is 1.23. The van der Waals surface area contributed by atoms with Gasteiger partial charge in [0.1, 0.15) is 5.67 Å². The molecule has 1 unspecified atom stereocenters. The molecule has 0 aromatic rings. The molecule has 0 heterocycles. The molecule has 14 heavy (non-hydrogen) atoms. The van der Waals surface area contributed by atoms with E-state index in [-0.39, 0.29) is 6.42 Å². The van der Waals surface area contributed by atoms with E-state index in [0.29, 0.717) is 6.08 Å². The van der Waals surface area contributed by atoms with E-state index in [1.165, 1.54) is 6.92 Å². The third-order valence-electron chi connectivity index (χ3n) is 2.21. The van der Waals surface area contributed by atoms with Crippen LogP contribution in [0.2, 0.25) is 0 Å². The van der Waals surface area contributed by atoms with Crippen LogP contribution in [0, 0.1) is 0 Å². The summed E-state index contributed by atoms with van der Waals surface area (Å²) in [7, 11) is 0. The zero-order valence-electron chi connectivity index (χ0n) is 7.61. The topological polar surface area (TPSA) is 26.0 Å². The Bertz CT molecular complexity index is 277. The highest BCUT2D eigenvalue weighted by Gasteiger charge is 2.40. The van der Waals surface area contributed by atoms with Crippen LogP contribution in [0.5, 0.6) is 0 Å². The molecule has 0 aromatic carbocycles. The molecular weight excluding hydrogens is 198 g/mol. The minimum atomic E-state index is -4.51. The maximum Gasteiger partial charge on any atom is 0.416 e. The summed E-state index contributed by atoms with van der Waals surface area (Å²) in [6.07, 6.45) is -2.02. The average molecular weight is 209 g/mol. The quantitative estimate of drug-likeness (QED) is 0.659. The summed E-state index contributed by atoms with van der Waals surface area (Å²) in [6.45, 7) is 1.35. The van der Waals surface area contributed by atoms with Crippen molar-refractivity contribution in [1.29, 1.82) is 0 Å². The number of nitrogens with two attached hydrogens (primary N) is 1. The first-order chi connectivity index (χ1) is 6.26. The lowest BCUT2D eigenvalue weighted by molar-refractivity contribution is -0.0898. The van der Waals surface area contributed by atoms with Gasteiger partial charge in [0.2, 0.25) is 0 Å². The zero-order chi connectivity index (χ0) is 11.0. The summed E-state index contributed by atoms with van der Waals surface area (Å²) in [5, 5.41) is 0. The van der Waals surface area contributed by atoms with E-state index in [1.54, 1.807) is 0 Å². The summed E-state index contributed by atoms with van der Waals surface area (Å²) in [4.78, 5) is 0. The Balaban J connectivity index is 3.00. The number of halogens is 4. The van der Waals surface area contributed by atoms with Gasteiger partial charge < -0.3 is 5.73 Å². The minimum Gasteiger partial charge on any atom is -0.325 e. The molecule has 0 aromatic heterocycles. The summed E-state index contributed by atoms with van der Waals surface area (Å²) >= 11 is 0. The molecular formula is C9H11F4N. The molecule has 0 bridgehead atoms. The fourth-order valence-electron chi connectivity index (χ4n) is 1.23. The molecule has 1 aliphatic carbocycles. The Kier molecular flexibility index (Phi) is 2.71. The van der Waals surface area contributed by atoms with Crippen molar-refractivity contribution in [1.82, 2.24) is 0 Å². The van der Waals surface area contributed by atoms with Gasteiger partial charge in [0, 0.05) is 12.5 Å². The van der Waals surface area contributed by atoms with Crippen LogP contribution in [0.25, 0.3) is 0 Å². The third-order valence-corrected chi connectivity index (χ3v) is 2.21. The Hall–Kier alpha value is -0.840. The van der Waals surface area contributed by atoms with Gasteiger partial charge in [0.05, 0.1) is 5.57 Å². The van der Waals surface area contributed by atoms with Crippen LogP contribution < -0.4 is 5.73 Å². The number of rotatable bonds is 1. The molecule has 1 rings (SSSR count). The van der Waals surface area contributed by atoms with Gasteiger partial charge in [-0.25, -0.2) is 4.39 Å². The van der Waals surface area contributed by atoms with Gasteiger partial charge in [-0.2, -0.15) is 13.2 Å². The molecule has 5 heteroatoms. The van der Waals surface area contributed by atoms with Gasteiger partial charge >= 0.3 is 6.18 Å². The van der Waals surface area contributed by atoms with Crippen LogP contribution in [0.4, 0.5) is 17.6 Å². The maximum atomic E-state index is 13.7. The summed E-state index contributed by atoms with van der Waals surface area (Å²) in [6, 6.07) is -0.954. The molecule has 0 amide bonds. The zero-order valence-corrected chi connectivity index (χ0v) is 7.61. The van der Waals surface area contributed by atoms with Crippen molar-refractivity contribution in [2.75, 3.05) is 0 Å². The highest BCUT2D eigenvalue weighted by atomic mass is 19.4. The summed E-state index contributed by atoms with van der Waals surface area (Å²) in [5.74, 6) is 0. The van der Waals surface area contributed by atoms with Gasteiger partial charge in [0.25, 0.3) is 0 Å². The predicted molar refractivity (Wildman–Crippen MR) is 45.4 cm³/mol. The maximum absolute atomic E-state index is 13.7. The SMILES string of the molecule is C[C@@H](N)C1(F)C=C(C(F)(F)F)C=CC1. The number of hydrogen-bond acceptors (Lipinski definition) is 1. The monoisotopic (exact) mass is 209 g/mol. The van der Waals surface area contributed by atoms with E-state index >= 15 is 0 Å². The molecule has 0 aliphatic heterocycles. The first kappa shape index (κ1) is 11.2. The van der Waals surface area contributed by atoms with Crippen molar-refractivity contribution in [2.24, 2.45) is 5.73 Å². The Morgan fingerprint density at radius 1 is 1.50 bits per heavy atom. The van der Waals surface area contributed by atoms with Crippen LogP contribution in [0.1, 0.15) is 13.3 Å². The molecule has 2 N–H and O–H groups in total. The second kappa shape index (κ2) is 3.38. The number of alkyl halides is 4. The normalized spacial score (nSPS) is 30.0. The van der Waals surface area contributed by atoms with Crippen LogP contribution in [-0.4, -0.2) is 17.9 Å². The first-order valence-electron chi connectivity index (χ1n) is 4.17. The van der Waals surface area contributed by atoms with Crippen LogP contribution in [0.3, 0.4) is 0 Å². The molecule has 0 saturated carbocycles. The highest BCUT2D eigenvalue weighted by Crippen LogP contribution is 2.35. The van der Waals surface area contributed by atoms with Gasteiger partial charge in [-0.15, -0.1) is 0 Å². The Morgan fingerprint density at radius 3 is 2.50 bits per heavy atom. The van der Waals surface area contributed by atoms with E-state index in [1.807, 2.05) is 0 Å². The summed E-state index contributed by atoms with van der Waals surface area (Å²) in [5.41, 5.74) is 2.23.